The number of benzene rings is 1. The molecule has 146 valence electrons. The molecule has 29 heavy (non-hydrogen) atoms. The van der Waals surface area contributed by atoms with Gasteiger partial charge >= 0.3 is 0 Å². The lowest BCUT2D eigenvalue weighted by Gasteiger charge is -2.33. The predicted octanol–water partition coefficient (Wildman–Crippen LogP) is 3.24. The number of carbonyl (C=O) groups excluding carboxylic acids is 1. The Morgan fingerprint density at radius 3 is 2.93 bits per heavy atom. The van der Waals surface area contributed by atoms with E-state index in [4.69, 9.17) is 4.42 Å². The van der Waals surface area contributed by atoms with Crippen molar-refractivity contribution < 1.29 is 9.21 Å². The minimum atomic E-state index is -0.219. The number of fused-ring (bicyclic) bond motifs is 1. The second kappa shape index (κ2) is 7.46. The van der Waals surface area contributed by atoms with Gasteiger partial charge in [-0.2, -0.15) is 5.10 Å². The summed E-state index contributed by atoms with van der Waals surface area (Å²) in [6, 6.07) is 11.5. The Balaban J connectivity index is 1.44. The van der Waals surface area contributed by atoms with Crippen LogP contribution in [0.4, 0.5) is 0 Å². The normalized spacial score (nSPS) is 17.0. The van der Waals surface area contributed by atoms with Crippen molar-refractivity contribution in [3.8, 4) is 11.6 Å². The van der Waals surface area contributed by atoms with Crippen molar-refractivity contribution in [1.29, 1.82) is 0 Å². The van der Waals surface area contributed by atoms with Gasteiger partial charge in [-0.3, -0.25) is 14.5 Å². The summed E-state index contributed by atoms with van der Waals surface area (Å²) in [7, 11) is 0. The van der Waals surface area contributed by atoms with Gasteiger partial charge < -0.3 is 9.32 Å². The predicted molar refractivity (Wildman–Crippen MR) is 106 cm³/mol. The topological polar surface area (TPSA) is 89.9 Å². The van der Waals surface area contributed by atoms with E-state index in [2.05, 4.69) is 20.3 Å². The van der Waals surface area contributed by atoms with Gasteiger partial charge in [0, 0.05) is 30.5 Å². The van der Waals surface area contributed by atoms with Gasteiger partial charge in [0.25, 0.3) is 5.89 Å². The van der Waals surface area contributed by atoms with Crippen LogP contribution in [0.5, 0.6) is 0 Å². The van der Waals surface area contributed by atoms with Crippen molar-refractivity contribution in [1.82, 2.24) is 29.9 Å². The fourth-order valence-electron chi connectivity index (χ4n) is 3.87. The first kappa shape index (κ1) is 17.5. The van der Waals surface area contributed by atoms with Crippen molar-refractivity contribution in [3.05, 3.63) is 60.9 Å². The summed E-state index contributed by atoms with van der Waals surface area (Å²) in [5.74, 6) is 0.839. The van der Waals surface area contributed by atoms with Crippen LogP contribution in [-0.4, -0.2) is 42.3 Å². The third kappa shape index (κ3) is 3.37. The smallest absolute Gasteiger partial charge is 0.267 e. The first-order valence-corrected chi connectivity index (χ1v) is 9.74. The van der Waals surface area contributed by atoms with E-state index in [9.17, 15) is 4.79 Å². The molecule has 0 unspecified atom stereocenters. The largest absolute Gasteiger partial charge is 0.417 e. The number of pyridine rings is 1. The van der Waals surface area contributed by atoms with Gasteiger partial charge in [-0.25, -0.2) is 0 Å². The molecule has 0 bridgehead atoms. The molecule has 3 aromatic heterocycles. The van der Waals surface area contributed by atoms with Gasteiger partial charge in [0.15, 0.2) is 0 Å². The zero-order chi connectivity index (χ0) is 19.6. The number of aromatic nitrogens is 5. The van der Waals surface area contributed by atoms with Crippen molar-refractivity contribution in [2.45, 2.75) is 31.8 Å². The van der Waals surface area contributed by atoms with Crippen LogP contribution in [0, 0.1) is 0 Å². The standard InChI is InChI=1S/C21H20N6O2/c28-18(14-26-12-5-10-23-26)27-13-4-3-8-17(27)20-24-25-21(29-20)19-16-7-2-1-6-15(16)9-11-22-19/h1-2,5-7,9-12,17H,3-4,8,13-14H2/t17-/m1/s1. The average molecular weight is 388 g/mol. The number of nitrogens with zero attached hydrogens (tertiary/aromatic N) is 6. The molecule has 0 N–H and O–H groups in total. The third-order valence-electron chi connectivity index (χ3n) is 5.28. The molecule has 0 saturated carbocycles. The van der Waals surface area contributed by atoms with E-state index < -0.39 is 0 Å². The highest BCUT2D eigenvalue weighted by atomic mass is 16.4. The van der Waals surface area contributed by atoms with E-state index in [1.54, 1.807) is 23.3 Å². The van der Waals surface area contributed by atoms with Gasteiger partial charge in [0.2, 0.25) is 11.8 Å². The molecule has 4 aromatic rings. The zero-order valence-electron chi connectivity index (χ0n) is 15.8. The molecule has 1 aliphatic heterocycles. The van der Waals surface area contributed by atoms with Gasteiger partial charge in [-0.15, -0.1) is 10.2 Å². The zero-order valence-corrected chi connectivity index (χ0v) is 15.8. The lowest BCUT2D eigenvalue weighted by Crippen LogP contribution is -2.40. The molecule has 8 heteroatoms. The molecule has 1 saturated heterocycles. The van der Waals surface area contributed by atoms with Crippen LogP contribution < -0.4 is 0 Å². The number of rotatable bonds is 4. The number of likely N-dealkylation sites (tertiary alicyclic amines) is 1. The Bertz CT molecular complexity index is 1130. The summed E-state index contributed by atoms with van der Waals surface area (Å²) >= 11 is 0. The van der Waals surface area contributed by atoms with E-state index in [1.807, 2.05) is 41.3 Å². The van der Waals surface area contributed by atoms with Gasteiger partial charge in [0.05, 0.1) is 0 Å². The van der Waals surface area contributed by atoms with E-state index in [1.165, 1.54) is 0 Å². The van der Waals surface area contributed by atoms with E-state index in [-0.39, 0.29) is 18.5 Å². The Morgan fingerprint density at radius 2 is 2.03 bits per heavy atom. The Hall–Kier alpha value is -3.55. The molecule has 0 aliphatic carbocycles. The number of hydrogen-bond acceptors (Lipinski definition) is 6. The van der Waals surface area contributed by atoms with Crippen LogP contribution in [0.1, 0.15) is 31.2 Å². The first-order valence-electron chi connectivity index (χ1n) is 9.74. The minimum absolute atomic E-state index is 0.00133. The highest BCUT2D eigenvalue weighted by Gasteiger charge is 2.32. The lowest BCUT2D eigenvalue weighted by molar-refractivity contribution is -0.136. The van der Waals surface area contributed by atoms with Crippen LogP contribution in [0.15, 0.2) is 59.4 Å². The fraction of sp³-hybridized carbons (Fsp3) is 0.286. The molecular formula is C21H20N6O2. The second-order valence-corrected chi connectivity index (χ2v) is 7.13. The van der Waals surface area contributed by atoms with Crippen molar-refractivity contribution in [3.63, 3.8) is 0 Å². The van der Waals surface area contributed by atoms with Crippen LogP contribution in [0.3, 0.4) is 0 Å². The quantitative estimate of drug-likeness (QED) is 0.533. The molecule has 1 fully saturated rings. The SMILES string of the molecule is O=C(Cn1cccn1)N1CCCC[C@@H]1c1nnc(-c2nccc3ccccc23)o1. The Morgan fingerprint density at radius 1 is 1.10 bits per heavy atom. The summed E-state index contributed by atoms with van der Waals surface area (Å²) in [6.45, 7) is 0.879. The maximum absolute atomic E-state index is 12.9. The summed E-state index contributed by atoms with van der Waals surface area (Å²) < 4.78 is 7.66. The summed E-state index contributed by atoms with van der Waals surface area (Å²) in [5, 5.41) is 14.7. The fourth-order valence-corrected chi connectivity index (χ4v) is 3.87. The van der Waals surface area contributed by atoms with Crippen LogP contribution in [0.25, 0.3) is 22.4 Å². The number of piperidine rings is 1. The highest BCUT2D eigenvalue weighted by molar-refractivity contribution is 5.92. The molecule has 0 spiro atoms. The van der Waals surface area contributed by atoms with Crippen molar-refractivity contribution in [2.24, 2.45) is 0 Å². The van der Waals surface area contributed by atoms with Crippen molar-refractivity contribution in [2.75, 3.05) is 6.54 Å². The van der Waals surface area contributed by atoms with E-state index in [0.717, 1.165) is 30.0 Å². The monoisotopic (exact) mass is 388 g/mol. The van der Waals surface area contributed by atoms with Crippen LogP contribution >= 0.6 is 0 Å². The van der Waals surface area contributed by atoms with E-state index in [0.29, 0.717) is 24.0 Å². The molecule has 1 amide bonds. The minimum Gasteiger partial charge on any atom is -0.417 e. The Labute approximate surface area is 167 Å². The third-order valence-corrected chi connectivity index (χ3v) is 5.28. The first-order chi connectivity index (χ1) is 14.3. The van der Waals surface area contributed by atoms with Gasteiger partial charge in [0.1, 0.15) is 18.3 Å². The molecule has 1 aromatic carbocycles. The number of hydrogen-bond donors (Lipinski definition) is 0. The summed E-state index contributed by atoms with van der Waals surface area (Å²) in [5.41, 5.74) is 0.659. The summed E-state index contributed by atoms with van der Waals surface area (Å²) in [6.07, 6.45) is 7.97. The molecule has 5 rings (SSSR count). The van der Waals surface area contributed by atoms with Crippen molar-refractivity contribution >= 4 is 16.7 Å². The van der Waals surface area contributed by atoms with Gasteiger partial charge in [-0.1, -0.05) is 24.3 Å². The average Bonchev–Trinajstić information content (AvgIpc) is 3.45. The number of amides is 1. The molecule has 0 radical (unpaired) electrons. The molecule has 4 heterocycles. The maximum Gasteiger partial charge on any atom is 0.267 e. The lowest BCUT2D eigenvalue weighted by atomic mass is 10.0. The number of carbonyl (C=O) groups is 1. The Kier molecular flexibility index (Phi) is 4.51. The second-order valence-electron chi connectivity index (χ2n) is 7.13. The van der Waals surface area contributed by atoms with Gasteiger partial charge in [-0.05, 0) is 36.8 Å². The highest BCUT2D eigenvalue weighted by Crippen LogP contribution is 2.33. The van der Waals surface area contributed by atoms with Crippen LogP contribution in [-0.2, 0) is 11.3 Å². The molecular weight excluding hydrogens is 368 g/mol. The molecule has 8 nitrogen and oxygen atoms in total. The van der Waals surface area contributed by atoms with E-state index >= 15 is 0 Å². The molecule has 1 aliphatic rings. The molecule has 1 atom stereocenters. The van der Waals surface area contributed by atoms with Crippen LogP contribution in [0.2, 0.25) is 0 Å². The summed E-state index contributed by atoms with van der Waals surface area (Å²) in [4.78, 5) is 19.1. The maximum atomic E-state index is 12.9.